The van der Waals surface area contributed by atoms with Crippen molar-refractivity contribution in [2.24, 2.45) is 5.11 Å². The predicted octanol–water partition coefficient (Wildman–Crippen LogP) is 3.93. The molecule has 4 heteroatoms. The molecular weight excluding hydrogens is 313 g/mol. The summed E-state index contributed by atoms with van der Waals surface area (Å²) >= 11 is 2.34. The van der Waals surface area contributed by atoms with Crippen molar-refractivity contribution in [3.63, 3.8) is 0 Å². The molecule has 0 atom stereocenters. The lowest BCUT2D eigenvalue weighted by atomic mass is 10.1. The number of hydrogen-bond acceptors (Lipinski definition) is 1. The van der Waals surface area contributed by atoms with Crippen molar-refractivity contribution < 1.29 is 0 Å². The highest BCUT2D eigenvalue weighted by atomic mass is 127. The van der Waals surface area contributed by atoms with E-state index < -0.39 is 0 Å². The largest absolute Gasteiger partial charge is 0.103 e. The molecular formula is C12H12IN3. The van der Waals surface area contributed by atoms with Crippen LogP contribution >= 0.6 is 22.6 Å². The third-order valence-corrected chi connectivity index (χ3v) is 3.05. The fourth-order valence-electron chi connectivity index (χ4n) is 1.23. The minimum Gasteiger partial charge on any atom is -0.103 e. The van der Waals surface area contributed by atoms with Crippen LogP contribution in [0, 0.1) is 15.4 Å². The summed E-state index contributed by atoms with van der Waals surface area (Å²) in [6, 6.07) is 8.32. The minimum absolute atomic E-state index is 0.465. The number of aryl methyl sites for hydroxylation is 1. The van der Waals surface area contributed by atoms with E-state index in [1.54, 1.807) is 0 Å². The van der Waals surface area contributed by atoms with Gasteiger partial charge in [-0.1, -0.05) is 23.3 Å². The van der Waals surface area contributed by atoms with Gasteiger partial charge in [-0.25, -0.2) is 0 Å². The molecule has 0 amide bonds. The van der Waals surface area contributed by atoms with Crippen LogP contribution in [-0.2, 0) is 6.42 Å². The average molecular weight is 325 g/mol. The highest BCUT2D eigenvalue weighted by molar-refractivity contribution is 14.1. The van der Waals surface area contributed by atoms with Gasteiger partial charge in [0.1, 0.15) is 0 Å². The van der Waals surface area contributed by atoms with Crippen LogP contribution in [0.1, 0.15) is 18.4 Å². The summed E-state index contributed by atoms with van der Waals surface area (Å²) in [7, 11) is 0. The Hall–Kier alpha value is -1.18. The molecule has 0 aliphatic heterocycles. The zero-order valence-electron chi connectivity index (χ0n) is 8.86. The van der Waals surface area contributed by atoms with Crippen molar-refractivity contribution in [2.45, 2.75) is 19.3 Å². The van der Waals surface area contributed by atoms with Gasteiger partial charge in [0.15, 0.2) is 0 Å². The van der Waals surface area contributed by atoms with Crippen LogP contribution < -0.4 is 0 Å². The topological polar surface area (TPSA) is 48.8 Å². The maximum Gasteiger partial charge on any atom is 0.0367 e. The predicted molar refractivity (Wildman–Crippen MR) is 73.9 cm³/mol. The third kappa shape index (κ3) is 5.06. The van der Waals surface area contributed by atoms with Crippen LogP contribution in [0.25, 0.3) is 10.4 Å². The number of halogens is 1. The summed E-state index contributed by atoms with van der Waals surface area (Å²) in [6.45, 7) is 0.465. The van der Waals surface area contributed by atoms with Crippen LogP contribution in [0.4, 0.5) is 0 Å². The normalized spacial score (nSPS) is 8.81. The zero-order chi connectivity index (χ0) is 11.6. The molecule has 0 heterocycles. The molecule has 0 unspecified atom stereocenters. The number of nitrogens with zero attached hydrogens (tertiary/aromatic N) is 3. The molecule has 1 aromatic carbocycles. The molecule has 16 heavy (non-hydrogen) atoms. The number of azide groups is 1. The van der Waals surface area contributed by atoms with E-state index in [0.717, 1.165) is 12.8 Å². The van der Waals surface area contributed by atoms with Crippen LogP contribution in [0.15, 0.2) is 29.4 Å². The Morgan fingerprint density at radius 1 is 1.25 bits per heavy atom. The number of rotatable bonds is 4. The number of hydrogen-bond donors (Lipinski definition) is 0. The Bertz CT molecular complexity index is 439. The van der Waals surface area contributed by atoms with Crippen molar-refractivity contribution in [3.8, 4) is 11.8 Å². The Morgan fingerprint density at radius 2 is 2.00 bits per heavy atom. The molecule has 0 fully saturated rings. The standard InChI is InChI=1S/C12H12IN3/c13-12-9-5-4-8-11(12)7-3-1-2-6-10-15-16-14/h4-5,8-9H,3,6-7,10H2. The molecule has 0 N–H and O–H groups in total. The van der Waals surface area contributed by atoms with Gasteiger partial charge in [0.05, 0.1) is 0 Å². The SMILES string of the molecule is [N-]=[N+]=NCCC#CCCc1ccccc1I. The molecule has 3 nitrogen and oxygen atoms in total. The maximum absolute atomic E-state index is 8.06. The molecule has 0 saturated carbocycles. The molecule has 0 spiro atoms. The smallest absolute Gasteiger partial charge is 0.0367 e. The molecule has 0 aliphatic carbocycles. The monoisotopic (exact) mass is 325 g/mol. The molecule has 0 radical (unpaired) electrons. The quantitative estimate of drug-likeness (QED) is 0.201. The first-order valence-electron chi connectivity index (χ1n) is 5.04. The maximum atomic E-state index is 8.06. The Balaban J connectivity index is 2.30. The Labute approximate surface area is 109 Å². The first-order valence-corrected chi connectivity index (χ1v) is 6.12. The van der Waals surface area contributed by atoms with Crippen molar-refractivity contribution in [1.82, 2.24) is 0 Å². The lowest BCUT2D eigenvalue weighted by molar-refractivity contribution is 0.995. The first-order chi connectivity index (χ1) is 7.84. The molecule has 0 aliphatic rings. The fourth-order valence-corrected chi connectivity index (χ4v) is 1.88. The second-order valence-electron chi connectivity index (χ2n) is 3.15. The Morgan fingerprint density at radius 3 is 2.75 bits per heavy atom. The van der Waals surface area contributed by atoms with Crippen molar-refractivity contribution in [1.29, 1.82) is 0 Å². The zero-order valence-corrected chi connectivity index (χ0v) is 11.0. The van der Waals surface area contributed by atoms with Gasteiger partial charge < -0.3 is 0 Å². The van der Waals surface area contributed by atoms with Gasteiger partial charge in [-0.2, -0.15) is 0 Å². The van der Waals surface area contributed by atoms with Crippen LogP contribution in [0.3, 0.4) is 0 Å². The average Bonchev–Trinajstić information content (AvgIpc) is 2.30. The number of benzene rings is 1. The van der Waals surface area contributed by atoms with Gasteiger partial charge in [-0.15, -0.1) is 11.8 Å². The highest BCUT2D eigenvalue weighted by Gasteiger charge is 1.95. The highest BCUT2D eigenvalue weighted by Crippen LogP contribution is 2.12. The van der Waals surface area contributed by atoms with Crippen LogP contribution in [-0.4, -0.2) is 6.54 Å². The fraction of sp³-hybridized carbons (Fsp3) is 0.333. The third-order valence-electron chi connectivity index (χ3n) is 2.00. The van der Waals surface area contributed by atoms with Gasteiger partial charge in [0.2, 0.25) is 0 Å². The van der Waals surface area contributed by atoms with E-state index in [2.05, 4.69) is 56.6 Å². The van der Waals surface area contributed by atoms with Gasteiger partial charge in [0, 0.05) is 27.9 Å². The van der Waals surface area contributed by atoms with Crippen molar-refractivity contribution in [2.75, 3.05) is 6.54 Å². The van der Waals surface area contributed by atoms with E-state index >= 15 is 0 Å². The van der Waals surface area contributed by atoms with Gasteiger partial charge >= 0.3 is 0 Å². The van der Waals surface area contributed by atoms with Crippen molar-refractivity contribution in [3.05, 3.63) is 43.8 Å². The van der Waals surface area contributed by atoms with Gasteiger partial charge in [0.25, 0.3) is 0 Å². The second-order valence-corrected chi connectivity index (χ2v) is 4.31. The second kappa shape index (κ2) is 8.03. The van der Waals surface area contributed by atoms with Gasteiger partial charge in [-0.3, -0.25) is 0 Å². The van der Waals surface area contributed by atoms with E-state index in [4.69, 9.17) is 5.53 Å². The lowest BCUT2D eigenvalue weighted by Gasteiger charge is -1.99. The molecule has 0 aromatic heterocycles. The minimum atomic E-state index is 0.465. The summed E-state index contributed by atoms with van der Waals surface area (Å²) in [6.07, 6.45) is 2.49. The summed E-state index contributed by atoms with van der Waals surface area (Å²) in [5, 5.41) is 3.42. The van der Waals surface area contributed by atoms with Gasteiger partial charge in [-0.05, 0) is 46.2 Å². The van der Waals surface area contributed by atoms with Crippen LogP contribution in [0.5, 0.6) is 0 Å². The lowest BCUT2D eigenvalue weighted by Crippen LogP contribution is -1.87. The summed E-state index contributed by atoms with van der Waals surface area (Å²) in [5.74, 6) is 6.08. The van der Waals surface area contributed by atoms with E-state index in [-0.39, 0.29) is 0 Å². The first kappa shape index (κ1) is 12.9. The summed E-state index contributed by atoms with van der Waals surface area (Å²) in [5.41, 5.74) is 9.40. The molecule has 82 valence electrons. The molecule has 0 saturated heterocycles. The van der Waals surface area contributed by atoms with Crippen LogP contribution in [0.2, 0.25) is 0 Å². The van der Waals surface area contributed by atoms with E-state index in [1.807, 2.05) is 12.1 Å². The summed E-state index contributed by atoms with van der Waals surface area (Å²) in [4.78, 5) is 2.67. The summed E-state index contributed by atoms with van der Waals surface area (Å²) < 4.78 is 1.29. The van der Waals surface area contributed by atoms with E-state index in [0.29, 0.717) is 13.0 Å². The molecule has 0 bridgehead atoms. The molecule has 1 rings (SSSR count). The van der Waals surface area contributed by atoms with E-state index in [1.165, 1.54) is 9.13 Å². The molecule has 1 aromatic rings. The Kier molecular flexibility index (Phi) is 6.47. The van der Waals surface area contributed by atoms with Crippen molar-refractivity contribution >= 4 is 22.6 Å². The van der Waals surface area contributed by atoms with E-state index in [9.17, 15) is 0 Å².